The first-order valence-corrected chi connectivity index (χ1v) is 6.60. The van der Waals surface area contributed by atoms with Crippen LogP contribution in [0.4, 0.5) is 5.82 Å². The smallest absolute Gasteiger partial charge is 0.178 e. The summed E-state index contributed by atoms with van der Waals surface area (Å²) >= 11 is 1.71. The zero-order valence-corrected chi connectivity index (χ0v) is 10.3. The Labute approximate surface area is 107 Å². The highest BCUT2D eigenvalue weighted by Crippen LogP contribution is 2.44. The molecule has 0 saturated carbocycles. The van der Waals surface area contributed by atoms with E-state index in [0.29, 0.717) is 18.0 Å². The standard InChI is InChI=1S/C13H10N2O2S/c14-13-11-9(17-15-13)6-8(10-2-1-5-18-10)7-3-4-16-12(7)11/h1-2,5-6H,3-4H2,(H2,14,15). The number of ether oxygens (including phenoxy) is 1. The molecule has 3 heterocycles. The van der Waals surface area contributed by atoms with E-state index in [2.05, 4.69) is 16.6 Å². The second-order valence-corrected chi connectivity index (χ2v) is 5.20. The zero-order chi connectivity index (χ0) is 12.1. The predicted molar refractivity (Wildman–Crippen MR) is 70.9 cm³/mol. The molecule has 2 N–H and O–H groups in total. The molecule has 3 aromatic rings. The first-order chi connectivity index (χ1) is 8.84. The number of aromatic nitrogens is 1. The molecule has 0 bridgehead atoms. The number of rotatable bonds is 1. The number of hydrogen-bond acceptors (Lipinski definition) is 5. The van der Waals surface area contributed by atoms with Gasteiger partial charge in [-0.25, -0.2) is 0 Å². The van der Waals surface area contributed by atoms with Gasteiger partial charge in [0.25, 0.3) is 0 Å². The van der Waals surface area contributed by atoms with Crippen molar-refractivity contribution in [2.45, 2.75) is 6.42 Å². The molecule has 0 unspecified atom stereocenters. The van der Waals surface area contributed by atoms with E-state index in [0.717, 1.165) is 17.6 Å². The van der Waals surface area contributed by atoms with Crippen LogP contribution in [-0.4, -0.2) is 11.8 Å². The lowest BCUT2D eigenvalue weighted by Gasteiger charge is -2.06. The molecule has 1 aliphatic heterocycles. The normalized spacial score (nSPS) is 13.8. The third kappa shape index (κ3) is 1.22. The Morgan fingerprint density at radius 1 is 1.39 bits per heavy atom. The molecule has 0 amide bonds. The Hall–Kier alpha value is -2.01. The van der Waals surface area contributed by atoms with Gasteiger partial charge in [0.1, 0.15) is 11.1 Å². The first-order valence-electron chi connectivity index (χ1n) is 5.72. The van der Waals surface area contributed by atoms with Gasteiger partial charge in [0.15, 0.2) is 11.4 Å². The van der Waals surface area contributed by atoms with Gasteiger partial charge in [0, 0.05) is 22.4 Å². The van der Waals surface area contributed by atoms with Gasteiger partial charge < -0.3 is 15.0 Å². The summed E-state index contributed by atoms with van der Waals surface area (Å²) in [5.74, 6) is 1.25. The summed E-state index contributed by atoms with van der Waals surface area (Å²) in [7, 11) is 0. The molecule has 90 valence electrons. The largest absolute Gasteiger partial charge is 0.492 e. The minimum absolute atomic E-state index is 0.404. The van der Waals surface area contributed by atoms with Crippen LogP contribution < -0.4 is 10.5 Å². The molecule has 4 nitrogen and oxygen atoms in total. The minimum atomic E-state index is 0.404. The second-order valence-electron chi connectivity index (χ2n) is 4.25. The van der Waals surface area contributed by atoms with Crippen molar-refractivity contribution < 1.29 is 9.26 Å². The van der Waals surface area contributed by atoms with Crippen molar-refractivity contribution >= 4 is 28.1 Å². The van der Waals surface area contributed by atoms with Gasteiger partial charge in [-0.2, -0.15) is 0 Å². The van der Waals surface area contributed by atoms with E-state index in [1.54, 1.807) is 11.3 Å². The Kier molecular flexibility index (Phi) is 1.93. The van der Waals surface area contributed by atoms with Gasteiger partial charge in [-0.05, 0) is 17.5 Å². The number of anilines is 1. The maximum Gasteiger partial charge on any atom is 0.178 e. The number of benzene rings is 1. The fourth-order valence-electron chi connectivity index (χ4n) is 2.45. The molecular weight excluding hydrogens is 248 g/mol. The maximum absolute atomic E-state index is 5.84. The molecule has 18 heavy (non-hydrogen) atoms. The predicted octanol–water partition coefficient (Wildman–Crippen LogP) is 3.07. The van der Waals surface area contributed by atoms with Crippen molar-refractivity contribution in [3.8, 4) is 16.2 Å². The first kappa shape index (κ1) is 9.96. The Morgan fingerprint density at radius 2 is 2.33 bits per heavy atom. The summed E-state index contributed by atoms with van der Waals surface area (Å²) < 4.78 is 11.0. The Morgan fingerprint density at radius 3 is 3.17 bits per heavy atom. The van der Waals surface area contributed by atoms with E-state index < -0.39 is 0 Å². The van der Waals surface area contributed by atoms with Gasteiger partial charge in [-0.3, -0.25) is 0 Å². The van der Waals surface area contributed by atoms with Crippen LogP contribution in [0.25, 0.3) is 21.4 Å². The van der Waals surface area contributed by atoms with Gasteiger partial charge in [0.05, 0.1) is 6.61 Å². The molecule has 0 radical (unpaired) electrons. The molecule has 1 aliphatic rings. The van der Waals surface area contributed by atoms with Gasteiger partial charge >= 0.3 is 0 Å². The summed E-state index contributed by atoms with van der Waals surface area (Å²) in [6.45, 7) is 0.692. The molecule has 0 fully saturated rings. The minimum Gasteiger partial charge on any atom is -0.492 e. The summed E-state index contributed by atoms with van der Waals surface area (Å²) in [6, 6.07) is 6.16. The van der Waals surface area contributed by atoms with E-state index in [4.69, 9.17) is 15.0 Å². The average Bonchev–Trinajstić information content (AvgIpc) is 3.06. The molecule has 5 heteroatoms. The highest BCUT2D eigenvalue weighted by Gasteiger charge is 2.25. The molecule has 2 aromatic heterocycles. The van der Waals surface area contributed by atoms with E-state index in [-0.39, 0.29) is 0 Å². The van der Waals surface area contributed by atoms with Crippen molar-refractivity contribution in [1.82, 2.24) is 5.16 Å². The number of hydrogen-bond donors (Lipinski definition) is 1. The Balaban J connectivity index is 2.11. The fraction of sp³-hybridized carbons (Fsp3) is 0.154. The number of thiophene rings is 1. The van der Waals surface area contributed by atoms with Crippen LogP contribution in [0, 0.1) is 0 Å². The average molecular weight is 258 g/mol. The van der Waals surface area contributed by atoms with Gasteiger partial charge in [-0.15, -0.1) is 11.3 Å². The van der Waals surface area contributed by atoms with Crippen LogP contribution in [0.1, 0.15) is 5.56 Å². The van der Waals surface area contributed by atoms with Crippen LogP contribution >= 0.6 is 11.3 Å². The van der Waals surface area contributed by atoms with Crippen molar-refractivity contribution in [2.24, 2.45) is 0 Å². The summed E-state index contributed by atoms with van der Waals surface area (Å²) in [5.41, 5.74) is 8.90. The quantitative estimate of drug-likeness (QED) is 0.728. The molecule has 0 aliphatic carbocycles. The van der Waals surface area contributed by atoms with Crippen molar-refractivity contribution in [3.63, 3.8) is 0 Å². The van der Waals surface area contributed by atoms with Crippen LogP contribution in [0.2, 0.25) is 0 Å². The fourth-order valence-corrected chi connectivity index (χ4v) is 3.22. The molecule has 0 spiro atoms. The van der Waals surface area contributed by atoms with Crippen LogP contribution in [-0.2, 0) is 6.42 Å². The van der Waals surface area contributed by atoms with E-state index in [1.165, 1.54) is 16.0 Å². The number of nitrogens with zero attached hydrogens (tertiary/aromatic N) is 1. The van der Waals surface area contributed by atoms with Crippen molar-refractivity contribution in [2.75, 3.05) is 12.3 Å². The Bertz CT molecular complexity index is 731. The third-order valence-electron chi connectivity index (χ3n) is 3.23. The van der Waals surface area contributed by atoms with Crippen LogP contribution in [0.5, 0.6) is 5.75 Å². The third-order valence-corrected chi connectivity index (χ3v) is 4.13. The topological polar surface area (TPSA) is 61.3 Å². The molecule has 4 rings (SSSR count). The van der Waals surface area contributed by atoms with Crippen LogP contribution in [0.15, 0.2) is 28.1 Å². The van der Waals surface area contributed by atoms with E-state index >= 15 is 0 Å². The molecule has 0 atom stereocenters. The highest BCUT2D eigenvalue weighted by atomic mass is 32.1. The summed E-state index contributed by atoms with van der Waals surface area (Å²) in [5, 5.41) is 6.70. The van der Waals surface area contributed by atoms with E-state index in [9.17, 15) is 0 Å². The maximum atomic E-state index is 5.84. The van der Waals surface area contributed by atoms with Gasteiger partial charge in [-0.1, -0.05) is 11.2 Å². The van der Waals surface area contributed by atoms with Crippen molar-refractivity contribution in [3.05, 3.63) is 29.1 Å². The monoisotopic (exact) mass is 258 g/mol. The number of nitrogen functional groups attached to an aromatic ring is 1. The van der Waals surface area contributed by atoms with E-state index in [1.807, 2.05) is 12.1 Å². The number of nitrogens with two attached hydrogens (primary N) is 1. The lowest BCUT2D eigenvalue weighted by atomic mass is 10.0. The second kappa shape index (κ2) is 3.49. The molecular formula is C13H10N2O2S. The lowest BCUT2D eigenvalue weighted by Crippen LogP contribution is -1.89. The lowest BCUT2D eigenvalue weighted by molar-refractivity contribution is 0.360. The molecule has 0 saturated heterocycles. The highest BCUT2D eigenvalue weighted by molar-refractivity contribution is 7.13. The van der Waals surface area contributed by atoms with Gasteiger partial charge in [0.2, 0.25) is 0 Å². The summed E-state index contributed by atoms with van der Waals surface area (Å²) in [4.78, 5) is 1.22. The van der Waals surface area contributed by atoms with Crippen LogP contribution in [0.3, 0.4) is 0 Å². The SMILES string of the molecule is Nc1noc2cc(-c3cccs3)c3c(c12)OCC3. The van der Waals surface area contributed by atoms with Crippen molar-refractivity contribution in [1.29, 1.82) is 0 Å². The number of fused-ring (bicyclic) bond motifs is 3. The zero-order valence-electron chi connectivity index (χ0n) is 9.47. The molecule has 1 aromatic carbocycles. The summed E-state index contributed by atoms with van der Waals surface area (Å²) in [6.07, 6.45) is 0.906.